The van der Waals surface area contributed by atoms with Gasteiger partial charge in [0.2, 0.25) is 0 Å². The van der Waals surface area contributed by atoms with E-state index >= 15 is 0 Å². The zero-order valence-electron chi connectivity index (χ0n) is 19.0. The molecule has 0 N–H and O–H groups in total. The van der Waals surface area contributed by atoms with E-state index in [0.717, 1.165) is 51.4 Å². The molecule has 0 spiro atoms. The Kier molecular flexibility index (Phi) is 9.40. The van der Waals surface area contributed by atoms with Crippen molar-refractivity contribution in [1.29, 1.82) is 5.26 Å². The van der Waals surface area contributed by atoms with E-state index in [1.165, 1.54) is 36.5 Å². The third kappa shape index (κ3) is 7.39. The highest BCUT2D eigenvalue weighted by Gasteiger charge is 2.30. The number of carbonyl (C=O) groups excluding carboxylic acids is 1. The molecule has 0 bridgehead atoms. The summed E-state index contributed by atoms with van der Waals surface area (Å²) in [6.07, 6.45) is 19.2. The summed E-state index contributed by atoms with van der Waals surface area (Å²) < 4.78 is 5.90. The van der Waals surface area contributed by atoms with Crippen LogP contribution in [-0.4, -0.2) is 12.1 Å². The largest absolute Gasteiger partial charge is 0.462 e. The fraction of sp³-hybridized carbons (Fsp3) is 0.571. The summed E-state index contributed by atoms with van der Waals surface area (Å²) in [7, 11) is 0. The van der Waals surface area contributed by atoms with Crippen LogP contribution in [0.15, 0.2) is 48.6 Å². The molecule has 0 radical (unpaired) electrons. The van der Waals surface area contributed by atoms with Crippen LogP contribution in [0.1, 0.15) is 88.2 Å². The Morgan fingerprint density at radius 2 is 1.74 bits per heavy atom. The Bertz CT molecular complexity index is 770. The number of ether oxygens (including phenoxy) is 1. The first-order valence-electron chi connectivity index (χ1n) is 12.2. The van der Waals surface area contributed by atoms with Gasteiger partial charge in [-0.15, -0.1) is 0 Å². The minimum absolute atomic E-state index is 0.0318. The second-order valence-corrected chi connectivity index (χ2v) is 9.24. The average Bonchev–Trinajstić information content (AvgIpc) is 2.82. The molecule has 2 aliphatic rings. The molecule has 3 heteroatoms. The van der Waals surface area contributed by atoms with Crippen molar-refractivity contribution in [3.05, 3.63) is 59.7 Å². The van der Waals surface area contributed by atoms with Gasteiger partial charge >= 0.3 is 5.97 Å². The maximum absolute atomic E-state index is 12.7. The molecule has 0 aliphatic heterocycles. The number of rotatable bonds is 8. The number of carbonyl (C=O) groups is 1. The van der Waals surface area contributed by atoms with E-state index in [4.69, 9.17) is 10.00 Å². The van der Waals surface area contributed by atoms with Gasteiger partial charge in [0.05, 0.1) is 12.0 Å². The summed E-state index contributed by atoms with van der Waals surface area (Å²) in [6.45, 7) is 2.23. The number of hydrogen-bond acceptors (Lipinski definition) is 3. The van der Waals surface area contributed by atoms with Gasteiger partial charge in [0.25, 0.3) is 0 Å². The monoisotopic (exact) mass is 419 g/mol. The molecule has 1 aromatic rings. The van der Waals surface area contributed by atoms with Gasteiger partial charge in [-0.3, -0.25) is 4.79 Å². The van der Waals surface area contributed by atoms with Crippen LogP contribution in [0.5, 0.6) is 0 Å². The first kappa shape index (κ1) is 23.3. The molecule has 0 heterocycles. The average molecular weight is 420 g/mol. The van der Waals surface area contributed by atoms with Gasteiger partial charge < -0.3 is 4.74 Å². The summed E-state index contributed by atoms with van der Waals surface area (Å²) in [5.74, 6) is 1.22. The zero-order valence-corrected chi connectivity index (χ0v) is 19.0. The van der Waals surface area contributed by atoms with Crippen molar-refractivity contribution >= 4 is 5.97 Å². The number of nitrogens with zero attached hydrogens (tertiary/aromatic N) is 1. The Hall–Kier alpha value is -2.34. The lowest BCUT2D eigenvalue weighted by Gasteiger charge is -2.31. The second-order valence-electron chi connectivity index (χ2n) is 9.24. The van der Waals surface area contributed by atoms with E-state index in [9.17, 15) is 4.79 Å². The fourth-order valence-electron chi connectivity index (χ4n) is 4.98. The Balaban J connectivity index is 1.38. The van der Waals surface area contributed by atoms with Crippen molar-refractivity contribution in [3.63, 3.8) is 0 Å². The smallest absolute Gasteiger partial charge is 0.309 e. The quantitative estimate of drug-likeness (QED) is 0.258. The lowest BCUT2D eigenvalue weighted by molar-refractivity contribution is -0.157. The molecular formula is C28H37NO2. The van der Waals surface area contributed by atoms with Gasteiger partial charge in [-0.1, -0.05) is 55.8 Å². The van der Waals surface area contributed by atoms with E-state index in [0.29, 0.717) is 11.8 Å². The van der Waals surface area contributed by atoms with Crippen molar-refractivity contribution in [3.8, 4) is 6.07 Å². The van der Waals surface area contributed by atoms with Crippen LogP contribution in [0, 0.1) is 23.2 Å². The lowest BCUT2D eigenvalue weighted by Crippen LogP contribution is -2.29. The van der Waals surface area contributed by atoms with E-state index in [1.54, 1.807) is 6.08 Å². The van der Waals surface area contributed by atoms with Crippen molar-refractivity contribution in [2.75, 3.05) is 0 Å². The number of benzene rings is 1. The summed E-state index contributed by atoms with van der Waals surface area (Å²) in [5.41, 5.74) is 2.87. The zero-order chi connectivity index (χ0) is 21.9. The molecule has 2 saturated carbocycles. The van der Waals surface area contributed by atoms with Gasteiger partial charge in [-0.2, -0.15) is 5.26 Å². The van der Waals surface area contributed by atoms with Crippen LogP contribution in [-0.2, 0) is 16.0 Å². The van der Waals surface area contributed by atoms with Crippen LogP contribution >= 0.6 is 0 Å². The third-order valence-corrected chi connectivity index (χ3v) is 7.00. The molecule has 0 unspecified atom stereocenters. The standard InChI is InChI=1S/C28H37NO2/c1-2-3-7-22-9-13-24(14-10-22)25-15-17-26(18-16-25)28(30)31-27-19-11-23(12-20-27)8-5-4-6-21-29/h4-6,8-10,13-14,23,25-27H,2-3,7,11-12,15-20H2,1H3. The maximum atomic E-state index is 12.7. The van der Waals surface area contributed by atoms with Crippen molar-refractivity contribution < 1.29 is 9.53 Å². The molecule has 0 atom stereocenters. The lowest BCUT2D eigenvalue weighted by atomic mass is 9.78. The molecule has 3 rings (SSSR count). The van der Waals surface area contributed by atoms with Crippen LogP contribution in [0.3, 0.4) is 0 Å². The molecule has 0 saturated heterocycles. The van der Waals surface area contributed by atoms with E-state index < -0.39 is 0 Å². The molecule has 2 fully saturated rings. The maximum Gasteiger partial charge on any atom is 0.309 e. The van der Waals surface area contributed by atoms with Crippen molar-refractivity contribution in [2.24, 2.45) is 11.8 Å². The van der Waals surface area contributed by atoms with E-state index in [1.807, 2.05) is 12.1 Å². The van der Waals surface area contributed by atoms with E-state index in [2.05, 4.69) is 37.3 Å². The van der Waals surface area contributed by atoms with Gasteiger partial charge in [-0.25, -0.2) is 0 Å². The summed E-state index contributed by atoms with van der Waals surface area (Å²) in [6, 6.07) is 11.2. The first-order valence-corrected chi connectivity index (χ1v) is 12.2. The molecule has 31 heavy (non-hydrogen) atoms. The topological polar surface area (TPSA) is 50.1 Å². The number of aryl methyl sites for hydroxylation is 1. The fourth-order valence-corrected chi connectivity index (χ4v) is 4.98. The van der Waals surface area contributed by atoms with Gasteiger partial charge in [0, 0.05) is 6.08 Å². The van der Waals surface area contributed by atoms with Crippen LogP contribution in [0.4, 0.5) is 0 Å². The Morgan fingerprint density at radius 3 is 2.39 bits per heavy atom. The van der Waals surface area contributed by atoms with Crippen molar-refractivity contribution in [1.82, 2.24) is 0 Å². The molecule has 1 aromatic carbocycles. The summed E-state index contributed by atoms with van der Waals surface area (Å²) >= 11 is 0. The van der Waals surface area contributed by atoms with Gasteiger partial charge in [0.15, 0.2) is 0 Å². The molecule has 0 aromatic heterocycles. The van der Waals surface area contributed by atoms with Crippen molar-refractivity contribution in [2.45, 2.75) is 89.6 Å². The first-order chi connectivity index (χ1) is 15.2. The predicted octanol–water partition coefficient (Wildman–Crippen LogP) is 7.04. The number of allylic oxidation sites excluding steroid dienone is 4. The van der Waals surface area contributed by atoms with Gasteiger partial charge in [0.1, 0.15) is 6.10 Å². The summed E-state index contributed by atoms with van der Waals surface area (Å²) in [4.78, 5) is 12.7. The van der Waals surface area contributed by atoms with Crippen LogP contribution in [0.25, 0.3) is 0 Å². The van der Waals surface area contributed by atoms with Gasteiger partial charge in [-0.05, 0) is 87.2 Å². The highest BCUT2D eigenvalue weighted by atomic mass is 16.5. The molecule has 0 amide bonds. The molecule has 2 aliphatic carbocycles. The van der Waals surface area contributed by atoms with Crippen LogP contribution < -0.4 is 0 Å². The Labute approximate surface area is 188 Å². The predicted molar refractivity (Wildman–Crippen MR) is 125 cm³/mol. The highest BCUT2D eigenvalue weighted by Crippen LogP contribution is 2.37. The Morgan fingerprint density at radius 1 is 1.03 bits per heavy atom. The molecular weight excluding hydrogens is 382 g/mol. The number of esters is 1. The minimum Gasteiger partial charge on any atom is -0.462 e. The molecule has 3 nitrogen and oxygen atoms in total. The molecule has 166 valence electrons. The normalized spacial score (nSPS) is 26.7. The highest BCUT2D eigenvalue weighted by molar-refractivity contribution is 5.72. The number of nitriles is 1. The third-order valence-electron chi connectivity index (χ3n) is 7.00. The SMILES string of the molecule is CCCCc1ccc(C2CCC(C(=O)OC3CCC(C=CC=CC#N)CC3)CC2)cc1. The number of hydrogen-bond donors (Lipinski definition) is 0. The van der Waals surface area contributed by atoms with E-state index in [-0.39, 0.29) is 18.0 Å². The minimum atomic E-state index is 0.0318. The summed E-state index contributed by atoms with van der Waals surface area (Å²) in [5, 5.41) is 8.52. The number of unbranched alkanes of at least 4 members (excludes halogenated alkanes) is 1. The van der Waals surface area contributed by atoms with Crippen LogP contribution in [0.2, 0.25) is 0 Å². The second kappa shape index (κ2) is 12.5.